The van der Waals surface area contributed by atoms with Gasteiger partial charge in [-0.3, -0.25) is 9.78 Å². The Morgan fingerprint density at radius 1 is 1.00 bits per heavy atom. The van der Waals surface area contributed by atoms with Crippen molar-refractivity contribution in [3.63, 3.8) is 0 Å². The van der Waals surface area contributed by atoms with Gasteiger partial charge in [0.05, 0.1) is 24.9 Å². The van der Waals surface area contributed by atoms with Crippen molar-refractivity contribution in [1.29, 1.82) is 0 Å². The highest BCUT2D eigenvalue weighted by Crippen LogP contribution is 2.35. The number of fused-ring (bicyclic) bond motifs is 1. The highest BCUT2D eigenvalue weighted by Gasteiger charge is 2.40. The number of hydrazine groups is 1. The van der Waals surface area contributed by atoms with E-state index in [2.05, 4.69) is 15.6 Å². The summed E-state index contributed by atoms with van der Waals surface area (Å²) < 4.78 is 10.4. The molecule has 5 atom stereocenters. The number of nitrogens with zero attached hydrogens (tertiary/aromatic N) is 3. The van der Waals surface area contributed by atoms with Gasteiger partial charge in [-0.25, -0.2) is 19.6 Å². The van der Waals surface area contributed by atoms with Gasteiger partial charge in [0.25, 0.3) is 0 Å². The maximum atomic E-state index is 13.6. The van der Waals surface area contributed by atoms with Gasteiger partial charge in [-0.15, -0.1) is 0 Å². The number of aliphatic hydroxyl groups excluding tert-OH is 1. The number of ether oxygens (including phenoxy) is 2. The van der Waals surface area contributed by atoms with Crippen molar-refractivity contribution in [2.24, 2.45) is 17.8 Å². The van der Waals surface area contributed by atoms with Gasteiger partial charge in [0.15, 0.2) is 0 Å². The van der Waals surface area contributed by atoms with E-state index in [1.165, 1.54) is 7.11 Å². The third-order valence-electron chi connectivity index (χ3n) is 8.43. The Kier molecular flexibility index (Phi) is 11.7. The van der Waals surface area contributed by atoms with E-state index in [9.17, 15) is 19.5 Å². The van der Waals surface area contributed by atoms with Crippen molar-refractivity contribution >= 4 is 18.1 Å². The van der Waals surface area contributed by atoms with Crippen LogP contribution in [-0.4, -0.2) is 83.1 Å². The maximum absolute atomic E-state index is 13.6. The first kappa shape index (κ1) is 32.2. The molecule has 2 fully saturated rings. The Morgan fingerprint density at radius 2 is 1.70 bits per heavy atom. The highest BCUT2D eigenvalue weighted by molar-refractivity contribution is 5.86. The fraction of sp³-hybridized carbons (Fsp3) is 0.562. The summed E-state index contributed by atoms with van der Waals surface area (Å²) in [4.78, 5) is 43.1. The lowest BCUT2D eigenvalue weighted by molar-refractivity contribution is -0.127. The summed E-state index contributed by atoms with van der Waals surface area (Å²) in [5, 5.41) is 20.7. The van der Waals surface area contributed by atoms with Gasteiger partial charge >= 0.3 is 12.2 Å². The molecule has 2 heterocycles. The first-order valence-electron chi connectivity index (χ1n) is 15.2. The number of amides is 3. The Bertz CT molecular complexity index is 1180. The van der Waals surface area contributed by atoms with Crippen LogP contribution in [0.3, 0.4) is 0 Å². The molecule has 234 valence electrons. The highest BCUT2D eigenvalue weighted by atomic mass is 16.6. The number of carbonyl (C=O) groups is 3. The van der Waals surface area contributed by atoms with Crippen LogP contribution in [0, 0.1) is 17.8 Å². The lowest BCUT2D eigenvalue weighted by Crippen LogP contribution is -2.61. The number of nitrogens with one attached hydrogen (secondary N) is 2. The van der Waals surface area contributed by atoms with Crippen molar-refractivity contribution in [2.45, 2.75) is 70.7 Å². The van der Waals surface area contributed by atoms with Gasteiger partial charge < -0.3 is 25.2 Å². The van der Waals surface area contributed by atoms with E-state index in [4.69, 9.17) is 9.47 Å². The van der Waals surface area contributed by atoms with Crippen LogP contribution in [0.15, 0.2) is 54.7 Å². The standard InChI is InChI=1S/C32H45N5O6/c1-22(2)29(35-31(40)43-21-26-15-9-10-16-33-26)30(39)34-27(17-23-11-5-4-6-12-23)28(38)20-36-18-24-13-7-8-14-25(24)19-37(36)32(41)42-3/h4-6,9-12,15-16,22,24-25,27-29,38H,7-8,13-14,17-21H2,1-3H3,(H,34,39)(H,35,40)/t24?,25?,27?,28?,29-/m0/s1. The van der Waals surface area contributed by atoms with Crippen LogP contribution in [0.1, 0.15) is 50.8 Å². The number of carbonyl (C=O) groups excluding carboxylic acids is 3. The number of β-amino-alcohol motifs (C(OH)–C–C–N with tert-alkyl or cyclic N) is 1. The SMILES string of the molecule is COC(=O)N1CC2CCCCC2CN1CC(O)C(Cc1ccccc1)NC(=O)[C@@H](NC(=O)OCc1ccccn1)C(C)C. The lowest BCUT2D eigenvalue weighted by Gasteiger charge is -2.48. The van der Waals surface area contributed by atoms with Gasteiger partial charge in [-0.05, 0) is 54.7 Å². The summed E-state index contributed by atoms with van der Waals surface area (Å²) in [6, 6.07) is 13.3. The van der Waals surface area contributed by atoms with Gasteiger partial charge in [-0.1, -0.05) is 63.1 Å². The summed E-state index contributed by atoms with van der Waals surface area (Å²) in [6.07, 6.45) is 4.27. The van der Waals surface area contributed by atoms with E-state index in [1.54, 1.807) is 29.4 Å². The molecule has 2 aromatic rings. The summed E-state index contributed by atoms with van der Waals surface area (Å²) in [5.41, 5.74) is 1.53. The number of alkyl carbamates (subject to hydrolysis) is 1. The van der Waals surface area contributed by atoms with Crippen LogP contribution in [0.25, 0.3) is 0 Å². The lowest BCUT2D eigenvalue weighted by atomic mass is 9.77. The van der Waals surface area contributed by atoms with Crippen LogP contribution in [0.2, 0.25) is 0 Å². The Hall–Kier alpha value is -3.70. The summed E-state index contributed by atoms with van der Waals surface area (Å²) in [6.45, 7) is 4.97. The second-order valence-corrected chi connectivity index (χ2v) is 11.9. The van der Waals surface area contributed by atoms with E-state index in [-0.39, 0.29) is 19.1 Å². The minimum absolute atomic E-state index is 0.0250. The summed E-state index contributed by atoms with van der Waals surface area (Å²) >= 11 is 0. The van der Waals surface area contributed by atoms with Gasteiger partial charge in [0.2, 0.25) is 5.91 Å². The quantitative estimate of drug-likeness (QED) is 0.359. The van der Waals surface area contributed by atoms with Crippen LogP contribution >= 0.6 is 0 Å². The van der Waals surface area contributed by atoms with Crippen molar-refractivity contribution < 1.29 is 29.0 Å². The van der Waals surface area contributed by atoms with Crippen LogP contribution in [-0.2, 0) is 27.3 Å². The van der Waals surface area contributed by atoms with Crippen molar-refractivity contribution in [3.05, 3.63) is 66.0 Å². The molecule has 3 N–H and O–H groups in total. The summed E-state index contributed by atoms with van der Waals surface area (Å²) in [5.74, 6) is 0.171. The molecule has 0 spiro atoms. The fourth-order valence-electron chi connectivity index (χ4n) is 6.03. The first-order chi connectivity index (χ1) is 20.7. The Labute approximate surface area is 253 Å². The molecule has 11 heteroatoms. The van der Waals surface area contributed by atoms with Gasteiger partial charge in [-0.2, -0.15) is 0 Å². The molecule has 0 radical (unpaired) electrons. The Morgan fingerprint density at radius 3 is 2.35 bits per heavy atom. The largest absolute Gasteiger partial charge is 0.452 e. The zero-order chi connectivity index (χ0) is 30.8. The smallest absolute Gasteiger partial charge is 0.424 e. The van der Waals surface area contributed by atoms with E-state index in [0.717, 1.165) is 31.2 Å². The number of pyridine rings is 1. The van der Waals surface area contributed by atoms with Gasteiger partial charge in [0.1, 0.15) is 12.6 Å². The zero-order valence-electron chi connectivity index (χ0n) is 25.4. The molecule has 1 aliphatic carbocycles. The molecular weight excluding hydrogens is 550 g/mol. The zero-order valence-corrected chi connectivity index (χ0v) is 25.4. The third kappa shape index (κ3) is 9.14. The summed E-state index contributed by atoms with van der Waals surface area (Å²) in [7, 11) is 1.36. The number of hydrogen-bond acceptors (Lipinski definition) is 8. The third-order valence-corrected chi connectivity index (χ3v) is 8.43. The monoisotopic (exact) mass is 595 g/mol. The molecular formula is C32H45N5O6. The minimum Gasteiger partial charge on any atom is -0.452 e. The number of benzene rings is 1. The molecule has 1 aromatic heterocycles. The van der Waals surface area contributed by atoms with E-state index >= 15 is 0 Å². The molecule has 1 aliphatic heterocycles. The molecule has 1 saturated heterocycles. The number of aromatic nitrogens is 1. The Balaban J connectivity index is 1.46. The molecule has 0 bridgehead atoms. The molecule has 3 amide bonds. The molecule has 4 rings (SSSR count). The fourth-order valence-corrected chi connectivity index (χ4v) is 6.03. The average molecular weight is 596 g/mol. The molecule has 1 aromatic carbocycles. The number of rotatable bonds is 11. The molecule has 1 saturated carbocycles. The van der Waals surface area contributed by atoms with E-state index in [0.29, 0.717) is 37.0 Å². The van der Waals surface area contributed by atoms with E-state index in [1.807, 2.05) is 49.2 Å². The first-order valence-corrected chi connectivity index (χ1v) is 15.2. The molecule has 11 nitrogen and oxygen atoms in total. The minimum atomic E-state index is -1.01. The topological polar surface area (TPSA) is 133 Å². The normalized spacial score (nSPS) is 20.8. The van der Waals surface area contributed by atoms with Crippen molar-refractivity contribution in [1.82, 2.24) is 25.6 Å². The van der Waals surface area contributed by atoms with Crippen molar-refractivity contribution in [3.8, 4) is 0 Å². The number of methoxy groups -OCH3 is 1. The molecule has 43 heavy (non-hydrogen) atoms. The van der Waals surface area contributed by atoms with Gasteiger partial charge in [0, 0.05) is 25.8 Å². The predicted molar refractivity (Wildman–Crippen MR) is 160 cm³/mol. The average Bonchev–Trinajstić information content (AvgIpc) is 3.02. The maximum Gasteiger partial charge on any atom is 0.424 e. The number of hydrogen-bond donors (Lipinski definition) is 3. The predicted octanol–water partition coefficient (Wildman–Crippen LogP) is 3.53. The number of aliphatic hydroxyl groups is 1. The van der Waals surface area contributed by atoms with Crippen LogP contribution < -0.4 is 10.6 Å². The van der Waals surface area contributed by atoms with Crippen molar-refractivity contribution in [2.75, 3.05) is 26.7 Å². The molecule has 4 unspecified atom stereocenters. The van der Waals surface area contributed by atoms with Crippen LogP contribution in [0.5, 0.6) is 0 Å². The second-order valence-electron chi connectivity index (χ2n) is 11.9. The van der Waals surface area contributed by atoms with E-state index < -0.39 is 36.3 Å². The van der Waals surface area contributed by atoms with Crippen LogP contribution in [0.4, 0.5) is 9.59 Å². The second kappa shape index (κ2) is 15.7. The molecule has 2 aliphatic rings.